The molecule has 2 N–H and O–H groups in total. The standard InChI is InChI=1S/C27H31ClFN5O3/c1-3-34(4-2)11-5-8-26(35)33-24-14-20-23(15-25(24)37-16-19-7-6-12-36-19)30-17-31-27(20)32-18-9-10-22(29)21(28)13-18/h5,8-10,13-15,17,19H,3-4,6-7,11-12,16H2,1-2H3,(H,33,35)(H,30,31,32)/b8-5+/t19-/m0/s1. The Morgan fingerprint density at radius 2 is 2.11 bits per heavy atom. The summed E-state index contributed by atoms with van der Waals surface area (Å²) < 4.78 is 25.4. The van der Waals surface area contributed by atoms with Crippen molar-refractivity contribution in [2.24, 2.45) is 0 Å². The van der Waals surface area contributed by atoms with Gasteiger partial charge in [0.25, 0.3) is 0 Å². The smallest absolute Gasteiger partial charge is 0.248 e. The Labute approximate surface area is 220 Å². The van der Waals surface area contributed by atoms with E-state index in [4.69, 9.17) is 21.1 Å². The fourth-order valence-electron chi connectivity index (χ4n) is 4.03. The first-order valence-electron chi connectivity index (χ1n) is 12.4. The molecular formula is C27H31ClFN5O3. The molecule has 1 amide bonds. The van der Waals surface area contributed by atoms with Gasteiger partial charge in [0.05, 0.1) is 22.3 Å². The number of hydrogen-bond acceptors (Lipinski definition) is 7. The van der Waals surface area contributed by atoms with Crippen LogP contribution in [0.5, 0.6) is 5.75 Å². The topological polar surface area (TPSA) is 88.6 Å². The molecule has 0 unspecified atom stereocenters. The van der Waals surface area contributed by atoms with E-state index in [2.05, 4.69) is 39.3 Å². The predicted octanol–water partition coefficient (Wildman–Crippen LogP) is 5.56. The van der Waals surface area contributed by atoms with Gasteiger partial charge >= 0.3 is 0 Å². The monoisotopic (exact) mass is 527 g/mol. The number of fused-ring (bicyclic) bond motifs is 1. The molecule has 10 heteroatoms. The average Bonchev–Trinajstić information content (AvgIpc) is 3.42. The van der Waals surface area contributed by atoms with Crippen LogP contribution >= 0.6 is 11.6 Å². The van der Waals surface area contributed by atoms with Crippen molar-refractivity contribution in [3.8, 4) is 5.75 Å². The Balaban J connectivity index is 1.62. The number of ether oxygens (including phenoxy) is 2. The summed E-state index contributed by atoms with van der Waals surface area (Å²) in [6, 6.07) is 7.86. The van der Waals surface area contributed by atoms with E-state index in [9.17, 15) is 9.18 Å². The summed E-state index contributed by atoms with van der Waals surface area (Å²) in [6.07, 6.45) is 6.73. The number of aromatic nitrogens is 2. The van der Waals surface area contributed by atoms with Gasteiger partial charge in [-0.3, -0.25) is 4.79 Å². The Bertz CT molecular complexity index is 1260. The van der Waals surface area contributed by atoms with Crippen LogP contribution in [-0.2, 0) is 9.53 Å². The SMILES string of the molecule is CCN(CC)C/C=C/C(=O)Nc1cc2c(Nc3ccc(F)c(Cl)c3)ncnc2cc1OC[C@@H]1CCCO1. The molecule has 1 aliphatic heterocycles. The largest absolute Gasteiger partial charge is 0.489 e. The predicted molar refractivity (Wildman–Crippen MR) is 144 cm³/mol. The molecule has 0 bridgehead atoms. The minimum Gasteiger partial charge on any atom is -0.489 e. The lowest BCUT2D eigenvalue weighted by Crippen LogP contribution is -2.23. The quantitative estimate of drug-likeness (QED) is 0.315. The highest BCUT2D eigenvalue weighted by atomic mass is 35.5. The Hall–Kier alpha value is -3.27. The van der Waals surface area contributed by atoms with Crippen LogP contribution < -0.4 is 15.4 Å². The highest BCUT2D eigenvalue weighted by Crippen LogP contribution is 2.34. The van der Waals surface area contributed by atoms with Gasteiger partial charge in [0.2, 0.25) is 5.91 Å². The lowest BCUT2D eigenvalue weighted by Gasteiger charge is -2.17. The van der Waals surface area contributed by atoms with E-state index in [1.54, 1.807) is 18.2 Å². The number of carbonyl (C=O) groups is 1. The van der Waals surface area contributed by atoms with Gasteiger partial charge in [-0.05, 0) is 50.2 Å². The molecule has 2 heterocycles. The maximum absolute atomic E-state index is 13.6. The molecule has 0 saturated carbocycles. The lowest BCUT2D eigenvalue weighted by atomic mass is 10.1. The Kier molecular flexibility index (Phi) is 9.27. The first-order chi connectivity index (χ1) is 18.0. The molecule has 4 rings (SSSR count). The Morgan fingerprint density at radius 1 is 1.27 bits per heavy atom. The summed E-state index contributed by atoms with van der Waals surface area (Å²) in [5, 5.41) is 6.73. The van der Waals surface area contributed by atoms with E-state index < -0.39 is 5.82 Å². The van der Waals surface area contributed by atoms with Crippen LogP contribution in [0.15, 0.2) is 48.8 Å². The lowest BCUT2D eigenvalue weighted by molar-refractivity contribution is -0.111. The third-order valence-electron chi connectivity index (χ3n) is 6.15. The minimum absolute atomic E-state index is 0.00219. The molecule has 0 spiro atoms. The fourth-order valence-corrected chi connectivity index (χ4v) is 4.22. The molecule has 1 aromatic heterocycles. The third kappa shape index (κ3) is 7.15. The van der Waals surface area contributed by atoms with E-state index in [-0.39, 0.29) is 17.0 Å². The second-order valence-electron chi connectivity index (χ2n) is 8.67. The van der Waals surface area contributed by atoms with Gasteiger partial charge in [-0.15, -0.1) is 0 Å². The summed E-state index contributed by atoms with van der Waals surface area (Å²) in [6.45, 7) is 7.75. The van der Waals surface area contributed by atoms with Crippen LogP contribution in [0.4, 0.5) is 21.6 Å². The molecule has 2 aromatic carbocycles. The normalized spacial score (nSPS) is 15.5. The van der Waals surface area contributed by atoms with Crippen molar-refractivity contribution in [3.05, 3.63) is 59.7 Å². The molecular weight excluding hydrogens is 497 g/mol. The zero-order valence-corrected chi connectivity index (χ0v) is 21.7. The van der Waals surface area contributed by atoms with Crippen molar-refractivity contribution in [2.75, 3.05) is 43.5 Å². The van der Waals surface area contributed by atoms with E-state index in [1.807, 2.05) is 6.08 Å². The van der Waals surface area contributed by atoms with Gasteiger partial charge in [-0.25, -0.2) is 14.4 Å². The fraction of sp³-hybridized carbons (Fsp3) is 0.370. The van der Waals surface area contributed by atoms with Crippen molar-refractivity contribution in [2.45, 2.75) is 32.8 Å². The molecule has 0 radical (unpaired) electrons. The van der Waals surface area contributed by atoms with Gasteiger partial charge < -0.3 is 25.0 Å². The van der Waals surface area contributed by atoms with E-state index >= 15 is 0 Å². The van der Waals surface area contributed by atoms with Crippen molar-refractivity contribution in [1.82, 2.24) is 14.9 Å². The molecule has 0 aliphatic carbocycles. The minimum atomic E-state index is -0.508. The first-order valence-corrected chi connectivity index (χ1v) is 12.8. The molecule has 3 aromatic rings. The van der Waals surface area contributed by atoms with Gasteiger partial charge in [0.15, 0.2) is 0 Å². The van der Waals surface area contributed by atoms with Crippen molar-refractivity contribution < 1.29 is 18.7 Å². The summed E-state index contributed by atoms with van der Waals surface area (Å²) >= 11 is 5.94. The van der Waals surface area contributed by atoms with E-state index in [0.717, 1.165) is 32.5 Å². The second kappa shape index (κ2) is 12.8. The molecule has 1 saturated heterocycles. The average molecular weight is 528 g/mol. The van der Waals surface area contributed by atoms with Gasteiger partial charge in [-0.1, -0.05) is 31.5 Å². The van der Waals surface area contributed by atoms with Crippen LogP contribution in [0, 0.1) is 5.82 Å². The van der Waals surface area contributed by atoms with Crippen molar-refractivity contribution in [1.29, 1.82) is 0 Å². The highest BCUT2D eigenvalue weighted by Gasteiger charge is 2.19. The zero-order chi connectivity index (χ0) is 26.2. The summed E-state index contributed by atoms with van der Waals surface area (Å²) in [5.74, 6) is 0.186. The number of nitrogens with one attached hydrogen (secondary N) is 2. The van der Waals surface area contributed by atoms with Gasteiger partial charge in [0, 0.05) is 36.4 Å². The molecule has 8 nitrogen and oxygen atoms in total. The number of halogens is 2. The summed E-state index contributed by atoms with van der Waals surface area (Å²) in [7, 11) is 0. The molecule has 37 heavy (non-hydrogen) atoms. The number of likely N-dealkylation sites (N-methyl/N-ethyl adjacent to an activating group) is 1. The van der Waals surface area contributed by atoms with E-state index in [1.165, 1.54) is 24.5 Å². The summed E-state index contributed by atoms with van der Waals surface area (Å²) in [4.78, 5) is 23.7. The van der Waals surface area contributed by atoms with Gasteiger partial charge in [-0.2, -0.15) is 0 Å². The number of nitrogens with zero attached hydrogens (tertiary/aromatic N) is 3. The maximum Gasteiger partial charge on any atom is 0.248 e. The van der Waals surface area contributed by atoms with Crippen LogP contribution in [-0.4, -0.2) is 59.7 Å². The Morgan fingerprint density at radius 3 is 2.84 bits per heavy atom. The van der Waals surface area contributed by atoms with Crippen molar-refractivity contribution in [3.63, 3.8) is 0 Å². The molecule has 196 valence electrons. The van der Waals surface area contributed by atoms with Gasteiger partial charge in [0.1, 0.15) is 30.3 Å². The number of anilines is 3. The van der Waals surface area contributed by atoms with Crippen LogP contribution in [0.2, 0.25) is 5.02 Å². The van der Waals surface area contributed by atoms with Crippen LogP contribution in [0.1, 0.15) is 26.7 Å². The molecule has 1 aliphatic rings. The number of carbonyl (C=O) groups excluding carboxylic acids is 1. The van der Waals surface area contributed by atoms with E-state index in [0.29, 0.717) is 47.0 Å². The molecule has 1 fully saturated rings. The highest BCUT2D eigenvalue weighted by molar-refractivity contribution is 6.31. The number of amides is 1. The number of benzene rings is 2. The zero-order valence-electron chi connectivity index (χ0n) is 21.0. The molecule has 1 atom stereocenters. The summed E-state index contributed by atoms with van der Waals surface area (Å²) in [5.41, 5.74) is 1.66. The van der Waals surface area contributed by atoms with Crippen LogP contribution in [0.3, 0.4) is 0 Å². The van der Waals surface area contributed by atoms with Crippen molar-refractivity contribution >= 4 is 45.6 Å². The number of rotatable bonds is 11. The van der Waals surface area contributed by atoms with Crippen LogP contribution in [0.25, 0.3) is 10.9 Å². The first kappa shape index (κ1) is 26.8. The number of hydrogen-bond donors (Lipinski definition) is 2. The second-order valence-corrected chi connectivity index (χ2v) is 9.07. The maximum atomic E-state index is 13.6. The third-order valence-corrected chi connectivity index (χ3v) is 6.44.